The summed E-state index contributed by atoms with van der Waals surface area (Å²) < 4.78 is 5.62. The molecule has 2 aliphatic heterocycles. The number of carbonyl (C=O) groups is 1. The molecule has 98 valence electrons. The lowest BCUT2D eigenvalue weighted by Crippen LogP contribution is -2.65. The Morgan fingerprint density at radius 2 is 2.26 bits per heavy atom. The topological polar surface area (TPSA) is 73.6 Å². The second-order valence-electron chi connectivity index (χ2n) is 5.17. The van der Waals surface area contributed by atoms with E-state index in [-0.39, 0.29) is 25.4 Å². The summed E-state index contributed by atoms with van der Waals surface area (Å²) in [6.07, 6.45) is 0.133. The smallest absolute Gasteiger partial charge is 0.264 e. The second-order valence-corrected chi connectivity index (χ2v) is 5.17. The number of nitrogens with zero attached hydrogens (tertiary/aromatic N) is 2. The van der Waals surface area contributed by atoms with Gasteiger partial charge in [-0.2, -0.15) is 5.26 Å². The molecule has 0 bridgehead atoms. The van der Waals surface area contributed by atoms with E-state index >= 15 is 0 Å². The molecule has 3 rings (SSSR count). The molecule has 1 aromatic carbocycles. The van der Waals surface area contributed by atoms with E-state index in [1.54, 1.807) is 4.90 Å². The van der Waals surface area contributed by atoms with Gasteiger partial charge in [-0.1, -0.05) is 18.2 Å². The van der Waals surface area contributed by atoms with Crippen molar-refractivity contribution in [2.75, 3.05) is 13.1 Å². The fraction of sp³-hybridized carbons (Fsp3) is 0.429. The molecule has 1 atom stereocenters. The highest BCUT2D eigenvalue weighted by Crippen LogP contribution is 2.31. The summed E-state index contributed by atoms with van der Waals surface area (Å²) in [7, 11) is 0. The molecule has 1 saturated heterocycles. The number of β-amino-alcohol motifs (C(OH)–C–C–N with tert-alkyl or cyclic N) is 1. The second kappa shape index (κ2) is 4.25. The molecule has 19 heavy (non-hydrogen) atoms. The highest BCUT2D eigenvalue weighted by Gasteiger charge is 2.46. The molecule has 0 spiro atoms. The molecule has 0 saturated carbocycles. The van der Waals surface area contributed by atoms with E-state index in [0.717, 1.165) is 11.3 Å². The summed E-state index contributed by atoms with van der Waals surface area (Å²) in [6.45, 7) is 0.436. The van der Waals surface area contributed by atoms with Crippen LogP contribution in [0.1, 0.15) is 12.0 Å². The Morgan fingerprint density at radius 3 is 2.95 bits per heavy atom. The lowest BCUT2D eigenvalue weighted by molar-refractivity contribution is -0.160. The Balaban J connectivity index is 1.62. The maximum absolute atomic E-state index is 12.2. The Hall–Kier alpha value is -2.06. The molecule has 2 heterocycles. The number of para-hydroxylation sites is 1. The van der Waals surface area contributed by atoms with Crippen molar-refractivity contribution in [3.63, 3.8) is 0 Å². The Bertz CT molecular complexity index is 533. The molecule has 5 heteroatoms. The fourth-order valence-electron chi connectivity index (χ4n) is 2.60. The minimum Gasteiger partial charge on any atom is -0.480 e. The number of fused-ring (bicyclic) bond motifs is 1. The predicted molar refractivity (Wildman–Crippen MR) is 66.3 cm³/mol. The van der Waals surface area contributed by atoms with Gasteiger partial charge < -0.3 is 14.7 Å². The van der Waals surface area contributed by atoms with Crippen molar-refractivity contribution in [3.8, 4) is 11.8 Å². The molecule has 2 aliphatic rings. The number of benzene rings is 1. The summed E-state index contributed by atoms with van der Waals surface area (Å²) in [5.74, 6) is 0.646. The highest BCUT2D eigenvalue weighted by molar-refractivity contribution is 5.83. The Morgan fingerprint density at radius 1 is 1.53 bits per heavy atom. The predicted octanol–water partition coefficient (Wildman–Crippen LogP) is 0.477. The van der Waals surface area contributed by atoms with Crippen LogP contribution in [0.3, 0.4) is 0 Å². The van der Waals surface area contributed by atoms with Crippen molar-refractivity contribution in [1.29, 1.82) is 5.26 Å². The van der Waals surface area contributed by atoms with Gasteiger partial charge >= 0.3 is 0 Å². The lowest BCUT2D eigenvalue weighted by atomic mass is 9.90. The van der Waals surface area contributed by atoms with Gasteiger partial charge in [-0.05, 0) is 11.6 Å². The summed E-state index contributed by atoms with van der Waals surface area (Å²) in [6, 6.07) is 9.53. The van der Waals surface area contributed by atoms with Gasteiger partial charge in [-0.15, -0.1) is 0 Å². The van der Waals surface area contributed by atoms with Crippen molar-refractivity contribution in [1.82, 2.24) is 4.90 Å². The van der Waals surface area contributed by atoms with Gasteiger partial charge in [0.05, 0.1) is 25.6 Å². The number of carbonyl (C=O) groups excluding carboxylic acids is 1. The van der Waals surface area contributed by atoms with Gasteiger partial charge in [-0.3, -0.25) is 4.79 Å². The molecule has 0 aliphatic carbocycles. The minimum absolute atomic E-state index is 0.0581. The first-order chi connectivity index (χ1) is 9.11. The Kier molecular flexibility index (Phi) is 2.68. The maximum atomic E-state index is 12.2. The van der Waals surface area contributed by atoms with Crippen LogP contribution in [0.2, 0.25) is 0 Å². The largest absolute Gasteiger partial charge is 0.480 e. The highest BCUT2D eigenvalue weighted by atomic mass is 16.5. The molecule has 1 fully saturated rings. The van der Waals surface area contributed by atoms with Crippen LogP contribution >= 0.6 is 0 Å². The third-order valence-corrected chi connectivity index (χ3v) is 3.61. The number of hydrogen-bond acceptors (Lipinski definition) is 4. The zero-order chi connectivity index (χ0) is 13.5. The van der Waals surface area contributed by atoms with Gasteiger partial charge in [0.15, 0.2) is 6.10 Å². The number of hydrogen-bond donors (Lipinski definition) is 1. The first-order valence-corrected chi connectivity index (χ1v) is 6.24. The SMILES string of the molecule is N#CCC1(O)CN(C(=O)[C@@H]2Cc3ccccc3O2)C1. The number of nitriles is 1. The number of likely N-dealkylation sites (tertiary alicyclic amines) is 1. The summed E-state index contributed by atoms with van der Waals surface area (Å²) in [4.78, 5) is 13.7. The Labute approximate surface area is 111 Å². The number of ether oxygens (including phenoxy) is 1. The molecular weight excluding hydrogens is 244 g/mol. The third-order valence-electron chi connectivity index (χ3n) is 3.61. The van der Waals surface area contributed by atoms with E-state index in [4.69, 9.17) is 10.00 Å². The van der Waals surface area contributed by atoms with Crippen molar-refractivity contribution < 1.29 is 14.6 Å². The van der Waals surface area contributed by atoms with Crippen LogP contribution in [-0.4, -0.2) is 40.7 Å². The number of aliphatic hydroxyl groups is 1. The molecule has 0 aromatic heterocycles. The van der Waals surface area contributed by atoms with E-state index < -0.39 is 11.7 Å². The zero-order valence-corrected chi connectivity index (χ0v) is 10.4. The van der Waals surface area contributed by atoms with Crippen LogP contribution in [0.5, 0.6) is 5.75 Å². The van der Waals surface area contributed by atoms with Gasteiger partial charge in [0.2, 0.25) is 0 Å². The van der Waals surface area contributed by atoms with Crippen molar-refractivity contribution in [2.45, 2.75) is 24.5 Å². The molecule has 0 unspecified atom stereocenters. The summed E-state index contributed by atoms with van der Waals surface area (Å²) >= 11 is 0. The number of amides is 1. The normalized spacial score (nSPS) is 22.9. The van der Waals surface area contributed by atoms with Crippen LogP contribution in [0, 0.1) is 11.3 Å². The third kappa shape index (κ3) is 2.04. The zero-order valence-electron chi connectivity index (χ0n) is 10.4. The van der Waals surface area contributed by atoms with Gasteiger partial charge in [0.25, 0.3) is 5.91 Å². The summed E-state index contributed by atoms with van der Waals surface area (Å²) in [5.41, 5.74) is 0.00392. The van der Waals surface area contributed by atoms with Crippen LogP contribution in [0.4, 0.5) is 0 Å². The molecular formula is C14H14N2O3. The standard InChI is InChI=1S/C14H14N2O3/c15-6-5-14(18)8-16(9-14)13(17)12-7-10-3-1-2-4-11(10)19-12/h1-4,12,18H,5,7-9H2/t12-/m0/s1. The molecule has 1 aromatic rings. The van der Waals surface area contributed by atoms with Crippen LogP contribution in [0.15, 0.2) is 24.3 Å². The summed E-state index contributed by atoms with van der Waals surface area (Å²) in [5, 5.41) is 18.5. The monoisotopic (exact) mass is 258 g/mol. The first-order valence-electron chi connectivity index (χ1n) is 6.24. The van der Waals surface area contributed by atoms with E-state index in [0.29, 0.717) is 6.42 Å². The van der Waals surface area contributed by atoms with Crippen molar-refractivity contribution in [3.05, 3.63) is 29.8 Å². The molecule has 1 amide bonds. The van der Waals surface area contributed by atoms with E-state index in [9.17, 15) is 9.90 Å². The lowest BCUT2D eigenvalue weighted by Gasteiger charge is -2.45. The van der Waals surface area contributed by atoms with Gasteiger partial charge in [0, 0.05) is 6.42 Å². The first kappa shape index (κ1) is 12.0. The van der Waals surface area contributed by atoms with Crippen LogP contribution in [-0.2, 0) is 11.2 Å². The maximum Gasteiger partial charge on any atom is 0.264 e. The van der Waals surface area contributed by atoms with E-state index in [1.807, 2.05) is 30.3 Å². The average molecular weight is 258 g/mol. The number of rotatable bonds is 2. The quantitative estimate of drug-likeness (QED) is 0.837. The molecule has 5 nitrogen and oxygen atoms in total. The van der Waals surface area contributed by atoms with Crippen molar-refractivity contribution in [2.24, 2.45) is 0 Å². The minimum atomic E-state index is -1.03. The van der Waals surface area contributed by atoms with Gasteiger partial charge in [-0.25, -0.2) is 0 Å². The molecule has 1 N–H and O–H groups in total. The average Bonchev–Trinajstić information content (AvgIpc) is 2.79. The van der Waals surface area contributed by atoms with E-state index in [2.05, 4.69) is 0 Å². The van der Waals surface area contributed by atoms with E-state index in [1.165, 1.54) is 0 Å². The fourth-order valence-corrected chi connectivity index (χ4v) is 2.60. The van der Waals surface area contributed by atoms with Crippen LogP contribution in [0.25, 0.3) is 0 Å². The van der Waals surface area contributed by atoms with Crippen molar-refractivity contribution >= 4 is 5.91 Å². The van der Waals surface area contributed by atoms with Crippen LogP contribution < -0.4 is 4.74 Å². The van der Waals surface area contributed by atoms with Gasteiger partial charge in [0.1, 0.15) is 11.4 Å². The molecule has 0 radical (unpaired) electrons.